The number of rotatable bonds is 3. The smallest absolute Gasteiger partial charge is 0.133 e. The SMILES string of the molecule is C=C(C#N)/N=C/C(=C)c1cc(C#N)ccc1C. The van der Waals surface area contributed by atoms with Crippen molar-refractivity contribution < 1.29 is 0 Å². The van der Waals surface area contributed by atoms with Gasteiger partial charge in [-0.15, -0.1) is 0 Å². The molecule has 0 amide bonds. The van der Waals surface area contributed by atoms with E-state index in [1.54, 1.807) is 12.1 Å². The van der Waals surface area contributed by atoms with Crippen LogP contribution in [-0.2, 0) is 0 Å². The molecule has 0 N–H and O–H groups in total. The fourth-order valence-corrected chi connectivity index (χ4v) is 1.29. The molecule has 0 aliphatic rings. The second-order valence-corrected chi connectivity index (χ2v) is 3.48. The zero-order chi connectivity index (χ0) is 12.8. The van der Waals surface area contributed by atoms with Gasteiger partial charge >= 0.3 is 0 Å². The van der Waals surface area contributed by atoms with Gasteiger partial charge in [0.05, 0.1) is 11.6 Å². The van der Waals surface area contributed by atoms with Crippen LogP contribution >= 0.6 is 0 Å². The van der Waals surface area contributed by atoms with Crippen LogP contribution in [0.5, 0.6) is 0 Å². The van der Waals surface area contributed by atoms with Crippen molar-refractivity contribution in [3.8, 4) is 12.1 Å². The summed E-state index contributed by atoms with van der Waals surface area (Å²) in [5, 5.41) is 17.3. The Balaban J connectivity index is 3.06. The van der Waals surface area contributed by atoms with Crippen molar-refractivity contribution in [2.75, 3.05) is 0 Å². The largest absolute Gasteiger partial charge is 0.246 e. The molecule has 1 aromatic carbocycles. The Kier molecular flexibility index (Phi) is 3.97. The number of nitrogens with zero attached hydrogens (tertiary/aromatic N) is 3. The van der Waals surface area contributed by atoms with E-state index < -0.39 is 0 Å². The predicted octanol–water partition coefficient (Wildman–Crippen LogP) is 2.99. The van der Waals surface area contributed by atoms with E-state index in [4.69, 9.17) is 10.5 Å². The van der Waals surface area contributed by atoms with Crippen molar-refractivity contribution in [3.63, 3.8) is 0 Å². The van der Waals surface area contributed by atoms with Crippen molar-refractivity contribution in [1.29, 1.82) is 10.5 Å². The monoisotopic (exact) mass is 221 g/mol. The van der Waals surface area contributed by atoms with Gasteiger partial charge in [-0.1, -0.05) is 19.2 Å². The zero-order valence-corrected chi connectivity index (χ0v) is 9.57. The lowest BCUT2D eigenvalue weighted by Gasteiger charge is -2.05. The van der Waals surface area contributed by atoms with Gasteiger partial charge in [0, 0.05) is 6.21 Å². The van der Waals surface area contributed by atoms with Crippen molar-refractivity contribution in [1.82, 2.24) is 0 Å². The van der Waals surface area contributed by atoms with Gasteiger partial charge in [-0.3, -0.25) is 0 Å². The van der Waals surface area contributed by atoms with Crippen molar-refractivity contribution in [2.45, 2.75) is 6.92 Å². The van der Waals surface area contributed by atoms with E-state index in [9.17, 15) is 0 Å². The number of nitriles is 2. The van der Waals surface area contributed by atoms with Gasteiger partial charge < -0.3 is 0 Å². The standard InChI is InChI=1S/C14H11N3/c1-10-4-5-13(8-16)6-14(10)11(2)9-17-12(3)7-15/h4-6,9H,2-3H2,1H3/b17-9+. The molecule has 0 aromatic heterocycles. The van der Waals surface area contributed by atoms with Gasteiger partial charge in [0.1, 0.15) is 11.8 Å². The minimum absolute atomic E-state index is 0.125. The Labute approximate surface area is 101 Å². The first-order chi connectivity index (χ1) is 8.08. The van der Waals surface area contributed by atoms with Gasteiger partial charge in [-0.25, -0.2) is 4.99 Å². The average molecular weight is 221 g/mol. The number of allylic oxidation sites excluding steroid dienone is 2. The number of hydrogen-bond donors (Lipinski definition) is 0. The summed E-state index contributed by atoms with van der Waals surface area (Å²) >= 11 is 0. The highest BCUT2D eigenvalue weighted by Crippen LogP contribution is 2.17. The molecule has 0 fully saturated rings. The van der Waals surface area contributed by atoms with Gasteiger partial charge in [-0.2, -0.15) is 10.5 Å². The van der Waals surface area contributed by atoms with Gasteiger partial charge in [0.25, 0.3) is 0 Å². The Bertz CT molecular complexity index is 580. The summed E-state index contributed by atoms with van der Waals surface area (Å²) in [4.78, 5) is 3.85. The molecular weight excluding hydrogens is 210 g/mol. The Morgan fingerprint density at radius 3 is 2.65 bits per heavy atom. The molecule has 0 aliphatic carbocycles. The van der Waals surface area contributed by atoms with Crippen LogP contribution in [0.15, 0.2) is 42.0 Å². The molecule has 0 saturated carbocycles. The van der Waals surface area contributed by atoms with E-state index in [0.29, 0.717) is 11.1 Å². The van der Waals surface area contributed by atoms with Crippen LogP contribution in [0, 0.1) is 29.6 Å². The summed E-state index contributed by atoms with van der Waals surface area (Å²) in [5.41, 5.74) is 3.19. The van der Waals surface area contributed by atoms with E-state index in [-0.39, 0.29) is 5.70 Å². The molecule has 0 bridgehead atoms. The molecule has 17 heavy (non-hydrogen) atoms. The van der Waals surface area contributed by atoms with E-state index >= 15 is 0 Å². The van der Waals surface area contributed by atoms with Crippen molar-refractivity contribution >= 4 is 11.8 Å². The molecule has 3 heteroatoms. The molecule has 0 spiro atoms. The molecule has 0 aliphatic heterocycles. The highest BCUT2D eigenvalue weighted by molar-refractivity contribution is 6.09. The maximum Gasteiger partial charge on any atom is 0.133 e. The third-order valence-corrected chi connectivity index (χ3v) is 2.22. The van der Waals surface area contributed by atoms with Crippen LogP contribution in [-0.4, -0.2) is 6.21 Å². The Hall–Kier alpha value is -2.65. The van der Waals surface area contributed by atoms with Crippen LogP contribution in [0.1, 0.15) is 16.7 Å². The number of hydrogen-bond acceptors (Lipinski definition) is 3. The fourth-order valence-electron chi connectivity index (χ4n) is 1.29. The zero-order valence-electron chi connectivity index (χ0n) is 9.57. The highest BCUT2D eigenvalue weighted by Gasteiger charge is 2.02. The third-order valence-electron chi connectivity index (χ3n) is 2.22. The molecule has 0 radical (unpaired) electrons. The predicted molar refractivity (Wildman–Crippen MR) is 68.2 cm³/mol. The average Bonchev–Trinajstić information content (AvgIpc) is 2.36. The maximum atomic E-state index is 8.82. The van der Waals surface area contributed by atoms with Gasteiger partial charge in [0.15, 0.2) is 0 Å². The first-order valence-electron chi connectivity index (χ1n) is 4.91. The second-order valence-electron chi connectivity index (χ2n) is 3.48. The third kappa shape index (κ3) is 3.15. The molecule has 0 atom stereocenters. The summed E-state index contributed by atoms with van der Waals surface area (Å²) < 4.78 is 0. The van der Waals surface area contributed by atoms with E-state index in [0.717, 1.165) is 11.1 Å². The minimum Gasteiger partial charge on any atom is -0.246 e. The number of aryl methyl sites for hydroxylation is 1. The molecule has 82 valence electrons. The van der Waals surface area contributed by atoms with Crippen LogP contribution in [0.3, 0.4) is 0 Å². The topological polar surface area (TPSA) is 59.9 Å². The van der Waals surface area contributed by atoms with Gasteiger partial charge in [-0.05, 0) is 35.8 Å². The van der Waals surface area contributed by atoms with Crippen molar-refractivity contribution in [3.05, 3.63) is 53.7 Å². The van der Waals surface area contributed by atoms with Crippen molar-refractivity contribution in [2.24, 2.45) is 4.99 Å². The highest BCUT2D eigenvalue weighted by atomic mass is 14.7. The Morgan fingerprint density at radius 2 is 2.06 bits per heavy atom. The minimum atomic E-state index is 0.125. The van der Waals surface area contributed by atoms with E-state index in [1.807, 2.05) is 19.1 Å². The quantitative estimate of drug-likeness (QED) is 0.582. The molecule has 0 saturated heterocycles. The first kappa shape index (κ1) is 12.4. The second kappa shape index (κ2) is 5.44. The summed E-state index contributed by atoms with van der Waals surface area (Å²) in [7, 11) is 0. The van der Waals surface area contributed by atoms with Gasteiger partial charge in [0.2, 0.25) is 0 Å². The van der Waals surface area contributed by atoms with Crippen LogP contribution in [0.25, 0.3) is 5.57 Å². The normalized spacial score (nSPS) is 9.59. The first-order valence-corrected chi connectivity index (χ1v) is 4.91. The fraction of sp³-hybridized carbons (Fsp3) is 0.0714. The lowest BCUT2D eigenvalue weighted by atomic mass is 10.00. The Morgan fingerprint density at radius 1 is 1.35 bits per heavy atom. The maximum absolute atomic E-state index is 8.82. The lowest BCUT2D eigenvalue weighted by molar-refractivity contribution is 1.39. The van der Waals surface area contributed by atoms with E-state index in [1.165, 1.54) is 6.21 Å². The summed E-state index contributed by atoms with van der Waals surface area (Å²) in [6, 6.07) is 9.24. The molecular formula is C14H11N3. The molecule has 0 heterocycles. The molecule has 3 nitrogen and oxygen atoms in total. The summed E-state index contributed by atoms with van der Waals surface area (Å²) in [6.45, 7) is 9.23. The molecule has 0 unspecified atom stereocenters. The van der Waals surface area contributed by atoms with Crippen LogP contribution in [0.4, 0.5) is 0 Å². The van der Waals surface area contributed by atoms with E-state index in [2.05, 4.69) is 24.2 Å². The number of benzene rings is 1. The number of aliphatic imine (C=N–C) groups is 1. The molecule has 1 rings (SSSR count). The lowest BCUT2D eigenvalue weighted by Crippen LogP contribution is -1.90. The van der Waals surface area contributed by atoms with Crippen LogP contribution in [0.2, 0.25) is 0 Å². The van der Waals surface area contributed by atoms with Crippen LogP contribution < -0.4 is 0 Å². The molecule has 1 aromatic rings. The summed E-state index contributed by atoms with van der Waals surface area (Å²) in [5.74, 6) is 0. The summed E-state index contributed by atoms with van der Waals surface area (Å²) in [6.07, 6.45) is 1.48.